The highest BCUT2D eigenvalue weighted by molar-refractivity contribution is 5.95. The summed E-state index contributed by atoms with van der Waals surface area (Å²) in [5.41, 5.74) is 6.91. The molecule has 6 nitrogen and oxygen atoms in total. The van der Waals surface area contributed by atoms with E-state index in [9.17, 15) is 0 Å². The molecule has 1 aliphatic heterocycles. The summed E-state index contributed by atoms with van der Waals surface area (Å²) in [6.45, 7) is 8.37. The van der Waals surface area contributed by atoms with Crippen molar-refractivity contribution in [3.63, 3.8) is 0 Å². The number of oxime groups is 1. The quantitative estimate of drug-likeness (QED) is 0.380. The molecular weight excluding hydrogens is 254 g/mol. The molecule has 0 aromatic carbocycles. The second-order valence-electron chi connectivity index (χ2n) is 5.75. The minimum atomic E-state index is 0.0221. The fourth-order valence-electron chi connectivity index (χ4n) is 2.64. The minimum Gasteiger partial charge on any atom is -0.409 e. The molecule has 20 heavy (non-hydrogen) atoms. The lowest BCUT2D eigenvalue weighted by Crippen LogP contribution is -2.36. The number of hydrogen-bond acceptors (Lipinski definition) is 5. The highest BCUT2D eigenvalue weighted by Crippen LogP contribution is 2.26. The van der Waals surface area contributed by atoms with Crippen molar-refractivity contribution in [3.8, 4) is 0 Å². The normalized spacial score (nSPS) is 17.8. The number of amidine groups is 1. The van der Waals surface area contributed by atoms with Crippen LogP contribution in [0.3, 0.4) is 0 Å². The Labute approximate surface area is 119 Å². The van der Waals surface area contributed by atoms with Gasteiger partial charge in [-0.25, -0.2) is 9.97 Å². The van der Waals surface area contributed by atoms with Crippen molar-refractivity contribution in [1.82, 2.24) is 9.97 Å². The molecule has 0 aliphatic carbocycles. The Morgan fingerprint density at radius 3 is 2.60 bits per heavy atom. The summed E-state index contributed by atoms with van der Waals surface area (Å²) >= 11 is 0. The van der Waals surface area contributed by atoms with Crippen molar-refractivity contribution in [2.24, 2.45) is 22.7 Å². The van der Waals surface area contributed by atoms with E-state index in [1.54, 1.807) is 6.07 Å². The molecule has 0 amide bonds. The maximum Gasteiger partial charge on any atom is 0.226 e. The van der Waals surface area contributed by atoms with Gasteiger partial charge in [-0.2, -0.15) is 0 Å². The van der Waals surface area contributed by atoms with Crippen molar-refractivity contribution in [3.05, 3.63) is 17.5 Å². The maximum atomic E-state index is 8.77. The maximum absolute atomic E-state index is 8.77. The van der Waals surface area contributed by atoms with Crippen molar-refractivity contribution < 1.29 is 5.21 Å². The van der Waals surface area contributed by atoms with Crippen LogP contribution in [0.4, 0.5) is 5.95 Å². The molecule has 0 atom stereocenters. The number of anilines is 1. The third-order valence-corrected chi connectivity index (χ3v) is 3.98. The number of nitrogens with two attached hydrogens (primary N) is 1. The summed E-state index contributed by atoms with van der Waals surface area (Å²) in [6.07, 6.45) is 2.32. The highest BCUT2D eigenvalue weighted by Gasteiger charge is 2.23. The fourth-order valence-corrected chi connectivity index (χ4v) is 2.64. The number of nitrogens with zero attached hydrogens (tertiary/aromatic N) is 4. The number of aryl methyl sites for hydroxylation is 1. The van der Waals surface area contributed by atoms with Gasteiger partial charge in [-0.15, -0.1) is 0 Å². The van der Waals surface area contributed by atoms with Crippen LogP contribution in [0.2, 0.25) is 0 Å². The second kappa shape index (κ2) is 6.07. The molecule has 0 radical (unpaired) electrons. The first-order valence-corrected chi connectivity index (χ1v) is 7.09. The summed E-state index contributed by atoms with van der Waals surface area (Å²) in [4.78, 5) is 11.0. The predicted molar refractivity (Wildman–Crippen MR) is 79.1 cm³/mol. The zero-order chi connectivity index (χ0) is 14.7. The molecule has 1 fully saturated rings. The largest absolute Gasteiger partial charge is 0.409 e. The van der Waals surface area contributed by atoms with Gasteiger partial charge in [0.1, 0.15) is 5.69 Å². The summed E-state index contributed by atoms with van der Waals surface area (Å²) in [5, 5.41) is 11.8. The van der Waals surface area contributed by atoms with Crippen LogP contribution in [0.5, 0.6) is 0 Å². The Bertz CT molecular complexity index is 492. The monoisotopic (exact) mass is 277 g/mol. The van der Waals surface area contributed by atoms with Gasteiger partial charge in [0.2, 0.25) is 5.95 Å². The average molecular weight is 277 g/mol. The van der Waals surface area contributed by atoms with Crippen LogP contribution < -0.4 is 10.6 Å². The third-order valence-electron chi connectivity index (χ3n) is 3.98. The molecular formula is C14H23N5O. The van der Waals surface area contributed by atoms with Gasteiger partial charge in [0.15, 0.2) is 5.84 Å². The van der Waals surface area contributed by atoms with Crippen molar-refractivity contribution >= 4 is 11.8 Å². The molecule has 2 heterocycles. The topological polar surface area (TPSA) is 87.6 Å². The summed E-state index contributed by atoms with van der Waals surface area (Å²) in [7, 11) is 0. The van der Waals surface area contributed by atoms with E-state index in [0.717, 1.165) is 43.5 Å². The lowest BCUT2D eigenvalue weighted by atomic mass is 9.87. The van der Waals surface area contributed by atoms with Crippen molar-refractivity contribution in [2.75, 3.05) is 18.0 Å². The molecule has 110 valence electrons. The fraction of sp³-hybridized carbons (Fsp3) is 0.643. The van der Waals surface area contributed by atoms with E-state index in [2.05, 4.69) is 33.9 Å². The van der Waals surface area contributed by atoms with E-state index in [1.165, 1.54) is 0 Å². The van der Waals surface area contributed by atoms with E-state index in [4.69, 9.17) is 10.9 Å². The SMILES string of the molecule is Cc1cc(/C(N)=N/O)nc(N2CCC(C(C)C)CC2)n1. The molecule has 2 rings (SSSR count). The lowest BCUT2D eigenvalue weighted by Gasteiger charge is -2.34. The van der Waals surface area contributed by atoms with Crippen LogP contribution in [0.25, 0.3) is 0 Å². The number of aromatic nitrogens is 2. The third kappa shape index (κ3) is 3.18. The Morgan fingerprint density at radius 2 is 2.05 bits per heavy atom. The van der Waals surface area contributed by atoms with Crippen LogP contribution in [0.1, 0.15) is 38.1 Å². The van der Waals surface area contributed by atoms with E-state index in [0.29, 0.717) is 11.6 Å². The lowest BCUT2D eigenvalue weighted by molar-refractivity contribution is 0.309. The van der Waals surface area contributed by atoms with Crippen LogP contribution in [-0.4, -0.2) is 34.1 Å². The van der Waals surface area contributed by atoms with Gasteiger partial charge in [-0.3, -0.25) is 0 Å². The van der Waals surface area contributed by atoms with E-state index < -0.39 is 0 Å². The number of rotatable bonds is 3. The standard InChI is InChI=1S/C14H23N5O/c1-9(2)11-4-6-19(7-5-11)14-16-10(3)8-12(17-14)13(15)18-20/h8-9,11,20H,4-7H2,1-3H3,(H2,15,18). The molecule has 3 N–H and O–H groups in total. The summed E-state index contributed by atoms with van der Waals surface area (Å²) in [6, 6.07) is 1.72. The molecule has 0 saturated carbocycles. The predicted octanol–water partition coefficient (Wildman–Crippen LogP) is 1.75. The zero-order valence-electron chi connectivity index (χ0n) is 12.4. The number of piperidine rings is 1. The van der Waals surface area contributed by atoms with E-state index in [-0.39, 0.29) is 5.84 Å². The Morgan fingerprint density at radius 1 is 1.40 bits per heavy atom. The first kappa shape index (κ1) is 14.6. The average Bonchev–Trinajstić information content (AvgIpc) is 2.45. The van der Waals surface area contributed by atoms with Crippen LogP contribution in [0.15, 0.2) is 11.2 Å². The van der Waals surface area contributed by atoms with Crippen LogP contribution >= 0.6 is 0 Å². The van der Waals surface area contributed by atoms with Crippen molar-refractivity contribution in [1.29, 1.82) is 0 Å². The van der Waals surface area contributed by atoms with Crippen molar-refractivity contribution in [2.45, 2.75) is 33.6 Å². The number of hydrogen-bond donors (Lipinski definition) is 2. The molecule has 0 unspecified atom stereocenters. The molecule has 1 aliphatic rings. The van der Waals surface area contributed by atoms with Gasteiger partial charge < -0.3 is 15.8 Å². The van der Waals surface area contributed by atoms with Gasteiger partial charge in [0.25, 0.3) is 0 Å². The molecule has 0 bridgehead atoms. The summed E-state index contributed by atoms with van der Waals surface area (Å²) in [5.74, 6) is 2.20. The summed E-state index contributed by atoms with van der Waals surface area (Å²) < 4.78 is 0. The Balaban J connectivity index is 2.16. The first-order chi connectivity index (χ1) is 9.51. The smallest absolute Gasteiger partial charge is 0.226 e. The highest BCUT2D eigenvalue weighted by atomic mass is 16.4. The molecule has 0 spiro atoms. The van der Waals surface area contributed by atoms with Crippen LogP contribution in [0, 0.1) is 18.8 Å². The van der Waals surface area contributed by atoms with E-state index in [1.807, 2.05) is 6.92 Å². The zero-order valence-corrected chi connectivity index (χ0v) is 12.4. The van der Waals surface area contributed by atoms with Gasteiger partial charge >= 0.3 is 0 Å². The van der Waals surface area contributed by atoms with Gasteiger partial charge in [0.05, 0.1) is 0 Å². The van der Waals surface area contributed by atoms with Gasteiger partial charge in [0, 0.05) is 18.8 Å². The first-order valence-electron chi connectivity index (χ1n) is 7.09. The van der Waals surface area contributed by atoms with Crippen LogP contribution in [-0.2, 0) is 0 Å². The van der Waals surface area contributed by atoms with E-state index >= 15 is 0 Å². The second-order valence-corrected chi connectivity index (χ2v) is 5.75. The molecule has 6 heteroatoms. The Kier molecular flexibility index (Phi) is 4.42. The molecule has 1 aromatic heterocycles. The molecule has 1 aromatic rings. The van der Waals surface area contributed by atoms with Gasteiger partial charge in [-0.1, -0.05) is 19.0 Å². The molecule has 1 saturated heterocycles. The Hall–Kier alpha value is -1.85. The minimum absolute atomic E-state index is 0.0221. The van der Waals surface area contributed by atoms with Gasteiger partial charge in [-0.05, 0) is 37.7 Å².